The molecule has 2 aromatic rings. The van der Waals surface area contributed by atoms with Gasteiger partial charge in [0.2, 0.25) is 11.1 Å². The van der Waals surface area contributed by atoms with Crippen LogP contribution in [0.15, 0.2) is 29.4 Å². The van der Waals surface area contributed by atoms with Crippen LogP contribution in [-0.4, -0.2) is 76.9 Å². The number of rotatable bonds is 6. The number of carbonyl (C=O) groups is 1. The SMILES string of the molecule is COc1ccccc1-n1nnnc1SCC(=O)N(C)[C@@H]1CCS(=O)(=O)C1. The van der Waals surface area contributed by atoms with Crippen molar-refractivity contribution in [1.82, 2.24) is 25.1 Å². The fourth-order valence-corrected chi connectivity index (χ4v) is 5.32. The number of methoxy groups -OCH3 is 1. The van der Waals surface area contributed by atoms with Gasteiger partial charge in [-0.15, -0.1) is 5.10 Å². The van der Waals surface area contributed by atoms with Gasteiger partial charge in [0.15, 0.2) is 9.84 Å². The standard InChI is InChI=1S/C15H19N5O4S2/c1-19(11-7-8-26(22,23)10-11)14(21)9-25-15-16-17-18-20(15)12-5-3-4-6-13(12)24-2/h3-6,11H,7-10H2,1-2H3/t11-/m1/s1. The second kappa shape index (κ2) is 7.62. The topological polar surface area (TPSA) is 107 Å². The third-order valence-corrected chi connectivity index (χ3v) is 6.88. The molecule has 1 atom stereocenters. The van der Waals surface area contributed by atoms with Gasteiger partial charge < -0.3 is 9.64 Å². The maximum atomic E-state index is 12.4. The molecule has 0 bridgehead atoms. The largest absolute Gasteiger partial charge is 0.494 e. The Bertz CT molecular complexity index is 899. The third kappa shape index (κ3) is 3.98. The van der Waals surface area contributed by atoms with E-state index in [1.165, 1.54) is 21.3 Å². The van der Waals surface area contributed by atoms with Crippen molar-refractivity contribution >= 4 is 27.5 Å². The van der Waals surface area contributed by atoms with Crippen LogP contribution in [0, 0.1) is 0 Å². The Balaban J connectivity index is 1.68. The maximum Gasteiger partial charge on any atom is 0.233 e. The lowest BCUT2D eigenvalue weighted by Gasteiger charge is -2.23. The first-order valence-electron chi connectivity index (χ1n) is 7.92. The summed E-state index contributed by atoms with van der Waals surface area (Å²) in [6, 6.07) is 7.03. The van der Waals surface area contributed by atoms with E-state index in [1.54, 1.807) is 20.2 Å². The number of nitrogens with zero attached hydrogens (tertiary/aromatic N) is 5. The second-order valence-corrected chi connectivity index (χ2v) is 9.07. The van der Waals surface area contributed by atoms with Crippen LogP contribution < -0.4 is 4.74 Å². The molecular formula is C15H19N5O4S2. The van der Waals surface area contributed by atoms with Gasteiger partial charge in [-0.1, -0.05) is 23.9 Å². The van der Waals surface area contributed by atoms with E-state index in [9.17, 15) is 13.2 Å². The predicted octanol–water partition coefficient (Wildman–Crippen LogP) is 0.409. The molecule has 11 heteroatoms. The van der Waals surface area contributed by atoms with Crippen LogP contribution in [0.1, 0.15) is 6.42 Å². The summed E-state index contributed by atoms with van der Waals surface area (Å²) in [7, 11) is 0.163. The van der Waals surface area contributed by atoms with Crippen LogP contribution in [0.3, 0.4) is 0 Å². The normalized spacial score (nSPS) is 18.6. The Kier molecular flexibility index (Phi) is 5.47. The van der Waals surface area contributed by atoms with E-state index < -0.39 is 9.84 Å². The summed E-state index contributed by atoms with van der Waals surface area (Å²) in [4.78, 5) is 13.9. The molecule has 2 heterocycles. The minimum absolute atomic E-state index is 0.0266. The molecule has 0 N–H and O–H groups in total. The Morgan fingerprint density at radius 3 is 2.88 bits per heavy atom. The minimum atomic E-state index is -3.03. The molecule has 1 amide bonds. The molecule has 3 rings (SSSR count). The molecule has 0 radical (unpaired) electrons. The lowest BCUT2D eigenvalue weighted by molar-refractivity contribution is -0.128. The number of benzene rings is 1. The summed E-state index contributed by atoms with van der Waals surface area (Å²) >= 11 is 1.19. The van der Waals surface area contributed by atoms with Gasteiger partial charge >= 0.3 is 0 Å². The van der Waals surface area contributed by atoms with E-state index in [0.29, 0.717) is 23.0 Å². The predicted molar refractivity (Wildman–Crippen MR) is 96.3 cm³/mol. The zero-order chi connectivity index (χ0) is 18.7. The first kappa shape index (κ1) is 18.6. The van der Waals surface area contributed by atoms with Gasteiger partial charge in [0, 0.05) is 13.1 Å². The molecule has 1 aliphatic rings. The maximum absolute atomic E-state index is 12.4. The molecule has 1 fully saturated rings. The molecule has 9 nitrogen and oxygen atoms in total. The van der Waals surface area contributed by atoms with E-state index in [-0.39, 0.29) is 29.2 Å². The first-order valence-corrected chi connectivity index (χ1v) is 10.7. The molecule has 1 aromatic heterocycles. The number of tetrazole rings is 1. The van der Waals surface area contributed by atoms with E-state index >= 15 is 0 Å². The number of sulfone groups is 1. The number of thioether (sulfide) groups is 1. The van der Waals surface area contributed by atoms with E-state index in [4.69, 9.17) is 4.74 Å². The van der Waals surface area contributed by atoms with E-state index in [0.717, 1.165) is 0 Å². The quantitative estimate of drug-likeness (QED) is 0.645. The molecule has 0 aliphatic carbocycles. The zero-order valence-electron chi connectivity index (χ0n) is 14.4. The first-order chi connectivity index (χ1) is 12.4. The van der Waals surface area contributed by atoms with Gasteiger partial charge in [-0.2, -0.15) is 4.68 Å². The molecule has 0 unspecified atom stereocenters. The second-order valence-electron chi connectivity index (χ2n) is 5.90. The summed E-state index contributed by atoms with van der Waals surface area (Å²) in [5, 5.41) is 12.1. The summed E-state index contributed by atoms with van der Waals surface area (Å²) in [5.41, 5.74) is 0.671. The highest BCUT2D eigenvalue weighted by atomic mass is 32.2. The highest BCUT2D eigenvalue weighted by Gasteiger charge is 2.32. The van der Waals surface area contributed by atoms with Crippen molar-refractivity contribution in [3.63, 3.8) is 0 Å². The monoisotopic (exact) mass is 397 g/mol. The lowest BCUT2D eigenvalue weighted by atomic mass is 10.2. The van der Waals surface area contributed by atoms with Crippen molar-refractivity contribution in [3.8, 4) is 11.4 Å². The smallest absolute Gasteiger partial charge is 0.233 e. The molecule has 26 heavy (non-hydrogen) atoms. The highest BCUT2D eigenvalue weighted by Crippen LogP contribution is 2.26. The lowest BCUT2D eigenvalue weighted by Crippen LogP contribution is -2.38. The zero-order valence-corrected chi connectivity index (χ0v) is 16.0. The highest BCUT2D eigenvalue weighted by molar-refractivity contribution is 7.99. The van der Waals surface area contributed by atoms with Gasteiger partial charge in [-0.3, -0.25) is 4.79 Å². The number of hydrogen-bond acceptors (Lipinski definition) is 8. The van der Waals surface area contributed by atoms with Crippen molar-refractivity contribution in [2.75, 3.05) is 31.4 Å². The van der Waals surface area contributed by atoms with Crippen LogP contribution in [0.2, 0.25) is 0 Å². The van der Waals surface area contributed by atoms with Gasteiger partial charge in [0.1, 0.15) is 11.4 Å². The Hall–Kier alpha value is -2.14. The minimum Gasteiger partial charge on any atom is -0.494 e. The summed E-state index contributed by atoms with van der Waals surface area (Å²) < 4.78 is 30.0. The summed E-state index contributed by atoms with van der Waals surface area (Å²) in [6.07, 6.45) is 0.480. The number of carbonyl (C=O) groups excluding carboxylic acids is 1. The van der Waals surface area contributed by atoms with Gasteiger partial charge in [0.05, 0.1) is 24.4 Å². The van der Waals surface area contributed by atoms with Crippen molar-refractivity contribution in [2.45, 2.75) is 17.6 Å². The van der Waals surface area contributed by atoms with Crippen LogP contribution in [0.25, 0.3) is 5.69 Å². The Morgan fingerprint density at radius 2 is 2.19 bits per heavy atom. The van der Waals surface area contributed by atoms with Crippen LogP contribution in [-0.2, 0) is 14.6 Å². The van der Waals surface area contributed by atoms with Crippen molar-refractivity contribution in [2.24, 2.45) is 0 Å². The molecule has 1 aromatic carbocycles. The Morgan fingerprint density at radius 1 is 1.42 bits per heavy atom. The molecule has 140 valence electrons. The van der Waals surface area contributed by atoms with Crippen molar-refractivity contribution in [3.05, 3.63) is 24.3 Å². The van der Waals surface area contributed by atoms with Crippen LogP contribution in [0.4, 0.5) is 0 Å². The summed E-state index contributed by atoms with van der Waals surface area (Å²) in [6.45, 7) is 0. The number of aromatic nitrogens is 4. The fraction of sp³-hybridized carbons (Fsp3) is 0.467. The van der Waals surface area contributed by atoms with Crippen molar-refractivity contribution < 1.29 is 17.9 Å². The number of para-hydroxylation sites is 2. The molecular weight excluding hydrogens is 378 g/mol. The molecule has 0 spiro atoms. The van der Waals surface area contributed by atoms with Crippen molar-refractivity contribution in [1.29, 1.82) is 0 Å². The van der Waals surface area contributed by atoms with E-state index in [1.807, 2.05) is 18.2 Å². The van der Waals surface area contributed by atoms with Crippen LogP contribution >= 0.6 is 11.8 Å². The Labute approximate surface area is 155 Å². The number of ether oxygens (including phenoxy) is 1. The van der Waals surface area contributed by atoms with Gasteiger partial charge in [0.25, 0.3) is 0 Å². The van der Waals surface area contributed by atoms with Gasteiger partial charge in [-0.25, -0.2) is 8.42 Å². The van der Waals surface area contributed by atoms with E-state index in [2.05, 4.69) is 15.5 Å². The molecule has 0 saturated carbocycles. The average molecular weight is 397 g/mol. The third-order valence-electron chi connectivity index (χ3n) is 4.23. The molecule has 1 aliphatic heterocycles. The fourth-order valence-electron chi connectivity index (χ4n) is 2.74. The van der Waals surface area contributed by atoms with Crippen LogP contribution in [0.5, 0.6) is 5.75 Å². The van der Waals surface area contributed by atoms with Gasteiger partial charge in [-0.05, 0) is 29.0 Å². The number of amides is 1. The average Bonchev–Trinajstić information content (AvgIpc) is 3.24. The number of hydrogen-bond donors (Lipinski definition) is 0. The molecule has 1 saturated heterocycles. The summed E-state index contributed by atoms with van der Waals surface area (Å²) in [5.74, 6) is 0.726.